The van der Waals surface area contributed by atoms with E-state index < -0.39 is 5.54 Å². The molecule has 23 heavy (non-hydrogen) atoms. The Kier molecular flexibility index (Phi) is 5.69. The maximum Gasteiger partial charge on any atom is 0.240 e. The SMILES string of the molecule is NC1(C(=O)NCC2CCN(Cc3cccs3)CC2)CCOCC1. The van der Waals surface area contributed by atoms with Gasteiger partial charge in [0.2, 0.25) is 5.91 Å². The molecule has 0 radical (unpaired) electrons. The van der Waals surface area contributed by atoms with Crippen LogP contribution in [0.25, 0.3) is 0 Å². The zero-order valence-corrected chi connectivity index (χ0v) is 14.4. The number of piperidine rings is 1. The highest BCUT2D eigenvalue weighted by Gasteiger charge is 2.36. The van der Waals surface area contributed by atoms with Gasteiger partial charge in [0.05, 0.1) is 5.54 Å². The molecule has 0 aliphatic carbocycles. The first-order valence-corrected chi connectivity index (χ1v) is 9.43. The van der Waals surface area contributed by atoms with Gasteiger partial charge in [0, 0.05) is 31.2 Å². The molecule has 0 atom stereocenters. The molecule has 3 rings (SSSR count). The normalized spacial score (nSPS) is 22.8. The largest absolute Gasteiger partial charge is 0.381 e. The summed E-state index contributed by atoms with van der Waals surface area (Å²) < 4.78 is 5.30. The van der Waals surface area contributed by atoms with E-state index in [0.29, 0.717) is 32.0 Å². The van der Waals surface area contributed by atoms with Gasteiger partial charge in [-0.25, -0.2) is 0 Å². The first-order chi connectivity index (χ1) is 11.2. The molecule has 0 spiro atoms. The minimum Gasteiger partial charge on any atom is -0.381 e. The van der Waals surface area contributed by atoms with Crippen LogP contribution in [0.3, 0.4) is 0 Å². The molecule has 1 amide bonds. The Morgan fingerprint density at radius 1 is 1.39 bits per heavy atom. The summed E-state index contributed by atoms with van der Waals surface area (Å²) in [5.41, 5.74) is 5.49. The average Bonchev–Trinajstić information content (AvgIpc) is 3.07. The Bertz CT molecular complexity index is 492. The van der Waals surface area contributed by atoms with Gasteiger partial charge in [-0.1, -0.05) is 6.07 Å². The number of carbonyl (C=O) groups excluding carboxylic acids is 1. The molecule has 2 aliphatic heterocycles. The van der Waals surface area contributed by atoms with Crippen molar-refractivity contribution in [2.75, 3.05) is 32.8 Å². The lowest BCUT2D eigenvalue weighted by Crippen LogP contribution is -2.57. The summed E-state index contributed by atoms with van der Waals surface area (Å²) in [5.74, 6) is 0.573. The molecule has 0 aromatic carbocycles. The van der Waals surface area contributed by atoms with Crippen molar-refractivity contribution >= 4 is 17.2 Å². The number of thiophene rings is 1. The summed E-state index contributed by atoms with van der Waals surface area (Å²) in [6.07, 6.45) is 3.54. The van der Waals surface area contributed by atoms with Crippen molar-refractivity contribution in [2.24, 2.45) is 11.7 Å². The highest BCUT2D eigenvalue weighted by molar-refractivity contribution is 7.09. The Labute approximate surface area is 142 Å². The minimum absolute atomic E-state index is 0.00168. The molecular weight excluding hydrogens is 310 g/mol. The van der Waals surface area contributed by atoms with Gasteiger partial charge >= 0.3 is 0 Å². The number of likely N-dealkylation sites (tertiary alicyclic amines) is 1. The average molecular weight is 337 g/mol. The number of ether oxygens (including phenoxy) is 1. The molecule has 3 heterocycles. The summed E-state index contributed by atoms with van der Waals surface area (Å²) in [4.78, 5) is 16.3. The van der Waals surface area contributed by atoms with Crippen molar-refractivity contribution in [3.8, 4) is 0 Å². The van der Waals surface area contributed by atoms with E-state index >= 15 is 0 Å². The van der Waals surface area contributed by atoms with E-state index in [4.69, 9.17) is 10.5 Å². The van der Waals surface area contributed by atoms with Crippen molar-refractivity contribution in [1.82, 2.24) is 10.2 Å². The van der Waals surface area contributed by atoms with Gasteiger partial charge in [-0.2, -0.15) is 0 Å². The van der Waals surface area contributed by atoms with Gasteiger partial charge in [0.1, 0.15) is 0 Å². The Balaban J connectivity index is 1.38. The zero-order valence-electron chi connectivity index (χ0n) is 13.6. The molecule has 0 unspecified atom stereocenters. The van der Waals surface area contributed by atoms with Crippen LogP contribution in [0.5, 0.6) is 0 Å². The summed E-state index contributed by atoms with van der Waals surface area (Å²) in [7, 11) is 0. The van der Waals surface area contributed by atoms with Crippen molar-refractivity contribution in [3.05, 3.63) is 22.4 Å². The number of nitrogens with zero attached hydrogens (tertiary/aromatic N) is 1. The second-order valence-corrected chi connectivity index (χ2v) is 7.81. The standard InChI is InChI=1S/C17H27N3O2S/c18-17(5-9-22-10-6-17)16(21)19-12-14-3-7-20(8-4-14)13-15-2-1-11-23-15/h1-2,11,14H,3-10,12-13,18H2,(H,19,21). The van der Waals surface area contributed by atoms with E-state index in [-0.39, 0.29) is 5.91 Å². The van der Waals surface area contributed by atoms with Crippen molar-refractivity contribution in [3.63, 3.8) is 0 Å². The molecule has 1 aromatic rings. The first-order valence-electron chi connectivity index (χ1n) is 8.55. The molecule has 0 bridgehead atoms. The van der Waals surface area contributed by atoms with E-state index in [2.05, 4.69) is 27.7 Å². The number of hydrogen-bond donors (Lipinski definition) is 2. The third-order valence-electron chi connectivity index (χ3n) is 5.06. The predicted octanol–water partition coefficient (Wildman–Crippen LogP) is 1.58. The highest BCUT2D eigenvalue weighted by atomic mass is 32.1. The molecule has 1 aromatic heterocycles. The number of carbonyl (C=O) groups is 1. The Morgan fingerprint density at radius 3 is 2.78 bits per heavy atom. The minimum atomic E-state index is -0.724. The maximum atomic E-state index is 12.3. The van der Waals surface area contributed by atoms with E-state index in [1.807, 2.05) is 11.3 Å². The summed E-state index contributed by atoms with van der Waals surface area (Å²) >= 11 is 1.82. The second-order valence-electron chi connectivity index (χ2n) is 6.78. The number of nitrogens with one attached hydrogen (secondary N) is 1. The third kappa shape index (κ3) is 4.53. The maximum absolute atomic E-state index is 12.3. The molecule has 2 aliphatic rings. The number of nitrogens with two attached hydrogens (primary N) is 1. The molecule has 5 nitrogen and oxygen atoms in total. The van der Waals surface area contributed by atoms with Crippen molar-refractivity contribution in [1.29, 1.82) is 0 Å². The summed E-state index contributed by atoms with van der Waals surface area (Å²) in [6, 6.07) is 4.31. The lowest BCUT2D eigenvalue weighted by molar-refractivity contribution is -0.130. The Hall–Kier alpha value is -0.950. The van der Waals surface area contributed by atoms with Crippen LogP contribution in [0.15, 0.2) is 17.5 Å². The van der Waals surface area contributed by atoms with Crippen LogP contribution in [0.4, 0.5) is 0 Å². The molecule has 2 fully saturated rings. The zero-order chi connectivity index (χ0) is 16.1. The van der Waals surface area contributed by atoms with Crippen LogP contribution >= 0.6 is 11.3 Å². The molecule has 128 valence electrons. The third-order valence-corrected chi connectivity index (χ3v) is 5.92. The van der Waals surface area contributed by atoms with E-state index in [1.165, 1.54) is 4.88 Å². The van der Waals surface area contributed by atoms with Gasteiger partial charge in [0.25, 0.3) is 0 Å². The smallest absolute Gasteiger partial charge is 0.240 e. The summed E-state index contributed by atoms with van der Waals surface area (Å²) in [5, 5.41) is 5.22. The Morgan fingerprint density at radius 2 is 2.13 bits per heavy atom. The fourth-order valence-corrected chi connectivity index (χ4v) is 4.09. The molecule has 3 N–H and O–H groups in total. The number of amides is 1. The van der Waals surface area contributed by atoms with Crippen LogP contribution in [0, 0.1) is 5.92 Å². The van der Waals surface area contributed by atoms with Crippen LogP contribution in [0.1, 0.15) is 30.6 Å². The fraction of sp³-hybridized carbons (Fsp3) is 0.706. The van der Waals surface area contributed by atoms with Gasteiger partial charge in [-0.3, -0.25) is 9.69 Å². The van der Waals surface area contributed by atoms with Crippen LogP contribution < -0.4 is 11.1 Å². The number of hydrogen-bond acceptors (Lipinski definition) is 5. The lowest BCUT2D eigenvalue weighted by atomic mass is 9.89. The predicted molar refractivity (Wildman–Crippen MR) is 92.3 cm³/mol. The van der Waals surface area contributed by atoms with E-state index in [9.17, 15) is 4.79 Å². The van der Waals surface area contributed by atoms with Gasteiger partial charge < -0.3 is 15.8 Å². The number of rotatable bonds is 5. The fourth-order valence-electron chi connectivity index (χ4n) is 3.35. The molecule has 0 saturated carbocycles. The second kappa shape index (κ2) is 7.75. The van der Waals surface area contributed by atoms with Crippen LogP contribution in [-0.4, -0.2) is 49.2 Å². The topological polar surface area (TPSA) is 67.6 Å². The van der Waals surface area contributed by atoms with E-state index in [0.717, 1.165) is 39.0 Å². The van der Waals surface area contributed by atoms with Gasteiger partial charge in [-0.15, -0.1) is 11.3 Å². The first kappa shape index (κ1) is 16.9. The molecule has 6 heteroatoms. The monoisotopic (exact) mass is 337 g/mol. The van der Waals surface area contributed by atoms with Crippen molar-refractivity contribution < 1.29 is 9.53 Å². The summed E-state index contributed by atoms with van der Waals surface area (Å²) in [6.45, 7) is 5.21. The van der Waals surface area contributed by atoms with Gasteiger partial charge in [-0.05, 0) is 56.1 Å². The quantitative estimate of drug-likeness (QED) is 0.856. The highest BCUT2D eigenvalue weighted by Crippen LogP contribution is 2.21. The van der Waals surface area contributed by atoms with Crippen molar-refractivity contribution in [2.45, 2.75) is 37.8 Å². The van der Waals surface area contributed by atoms with Crippen LogP contribution in [0.2, 0.25) is 0 Å². The van der Waals surface area contributed by atoms with Crippen LogP contribution in [-0.2, 0) is 16.1 Å². The van der Waals surface area contributed by atoms with E-state index in [1.54, 1.807) is 0 Å². The lowest BCUT2D eigenvalue weighted by Gasteiger charge is -2.34. The van der Waals surface area contributed by atoms with Gasteiger partial charge in [0.15, 0.2) is 0 Å². The molecular formula is C17H27N3O2S. The molecule has 2 saturated heterocycles.